The predicted molar refractivity (Wildman–Crippen MR) is 99.9 cm³/mol. The molecule has 0 aliphatic carbocycles. The highest BCUT2D eigenvalue weighted by Crippen LogP contribution is 2.11. The van der Waals surface area contributed by atoms with E-state index in [0.29, 0.717) is 17.8 Å². The summed E-state index contributed by atoms with van der Waals surface area (Å²) in [4.78, 5) is 24.2. The van der Waals surface area contributed by atoms with Crippen molar-refractivity contribution in [1.82, 2.24) is 15.1 Å². The van der Waals surface area contributed by atoms with Crippen molar-refractivity contribution in [1.29, 1.82) is 0 Å². The second-order valence-corrected chi connectivity index (χ2v) is 5.95. The van der Waals surface area contributed by atoms with Crippen LogP contribution in [-0.2, 0) is 11.3 Å². The Balaban J connectivity index is 1.50. The quantitative estimate of drug-likeness (QED) is 0.719. The number of rotatable bonds is 6. The lowest BCUT2D eigenvalue weighted by molar-refractivity contribution is -0.115. The van der Waals surface area contributed by atoms with Crippen molar-refractivity contribution in [2.75, 3.05) is 11.9 Å². The van der Waals surface area contributed by atoms with Gasteiger partial charge in [0.05, 0.1) is 13.1 Å². The number of benzene rings is 2. The summed E-state index contributed by atoms with van der Waals surface area (Å²) in [6.45, 7) is 2.45. The summed E-state index contributed by atoms with van der Waals surface area (Å²) in [5.41, 5.74) is 3.21. The van der Waals surface area contributed by atoms with Crippen LogP contribution in [0.2, 0.25) is 0 Å². The number of anilines is 1. The normalized spacial score (nSPS) is 10.3. The summed E-state index contributed by atoms with van der Waals surface area (Å²) in [6, 6.07) is 16.7. The third kappa shape index (κ3) is 4.57. The van der Waals surface area contributed by atoms with Gasteiger partial charge in [-0.3, -0.25) is 14.3 Å². The van der Waals surface area contributed by atoms with Gasteiger partial charge >= 0.3 is 0 Å². The molecule has 0 aliphatic rings. The average Bonchev–Trinajstić information content (AvgIpc) is 3.15. The second-order valence-electron chi connectivity index (χ2n) is 5.95. The Kier molecular flexibility index (Phi) is 5.43. The van der Waals surface area contributed by atoms with Crippen molar-refractivity contribution < 1.29 is 9.59 Å². The zero-order valence-electron chi connectivity index (χ0n) is 14.5. The highest BCUT2D eigenvalue weighted by Gasteiger charge is 2.10. The molecule has 0 unspecified atom stereocenters. The molecule has 6 heteroatoms. The van der Waals surface area contributed by atoms with Crippen LogP contribution in [-0.4, -0.2) is 28.1 Å². The van der Waals surface area contributed by atoms with Gasteiger partial charge in [0.25, 0.3) is 5.91 Å². The van der Waals surface area contributed by atoms with E-state index in [9.17, 15) is 9.59 Å². The molecule has 0 saturated carbocycles. The maximum absolute atomic E-state index is 12.1. The number of nitrogens with zero attached hydrogens (tertiary/aromatic N) is 2. The molecule has 26 heavy (non-hydrogen) atoms. The Hall–Kier alpha value is -3.41. The van der Waals surface area contributed by atoms with Gasteiger partial charge in [0.1, 0.15) is 0 Å². The van der Waals surface area contributed by atoms with Crippen molar-refractivity contribution in [3.05, 3.63) is 83.7 Å². The summed E-state index contributed by atoms with van der Waals surface area (Å²) < 4.78 is 1.83. The molecule has 1 heterocycles. The number of carbonyl (C=O) groups is 2. The molecular formula is C20H20N4O2. The standard InChI is InChI=1S/C20H20N4O2/c1-15-5-2-3-6-18(15)20(26)21-13-19(25)23-17-9-7-16(8-10-17)14-24-12-4-11-22-24/h2-12H,13-14H2,1H3,(H,21,26)(H,23,25). The fourth-order valence-electron chi connectivity index (χ4n) is 2.56. The summed E-state index contributed by atoms with van der Waals surface area (Å²) in [6.07, 6.45) is 3.63. The van der Waals surface area contributed by atoms with Crippen LogP contribution in [0.3, 0.4) is 0 Å². The molecule has 132 valence electrons. The summed E-state index contributed by atoms with van der Waals surface area (Å²) in [5, 5.41) is 9.57. The van der Waals surface area contributed by atoms with Crippen LogP contribution in [0.1, 0.15) is 21.5 Å². The molecule has 0 spiro atoms. The van der Waals surface area contributed by atoms with Crippen molar-refractivity contribution >= 4 is 17.5 Å². The molecule has 0 atom stereocenters. The lowest BCUT2D eigenvalue weighted by atomic mass is 10.1. The fourth-order valence-corrected chi connectivity index (χ4v) is 2.56. The average molecular weight is 348 g/mol. The zero-order chi connectivity index (χ0) is 18.4. The Morgan fingerprint density at radius 3 is 2.50 bits per heavy atom. The van der Waals surface area contributed by atoms with Gasteiger partial charge in [0, 0.05) is 23.6 Å². The van der Waals surface area contributed by atoms with E-state index in [0.717, 1.165) is 11.1 Å². The van der Waals surface area contributed by atoms with Crippen molar-refractivity contribution in [2.24, 2.45) is 0 Å². The van der Waals surface area contributed by atoms with Gasteiger partial charge in [0.2, 0.25) is 5.91 Å². The van der Waals surface area contributed by atoms with E-state index in [4.69, 9.17) is 0 Å². The number of hydrogen-bond donors (Lipinski definition) is 2. The van der Waals surface area contributed by atoms with E-state index in [1.165, 1.54) is 0 Å². The SMILES string of the molecule is Cc1ccccc1C(=O)NCC(=O)Nc1ccc(Cn2cccn2)cc1. The molecule has 0 bridgehead atoms. The summed E-state index contributed by atoms with van der Waals surface area (Å²) >= 11 is 0. The Morgan fingerprint density at radius 1 is 1.04 bits per heavy atom. The number of carbonyl (C=O) groups excluding carboxylic acids is 2. The van der Waals surface area contributed by atoms with E-state index >= 15 is 0 Å². The van der Waals surface area contributed by atoms with Gasteiger partial charge in [-0.15, -0.1) is 0 Å². The zero-order valence-corrected chi connectivity index (χ0v) is 14.5. The highest BCUT2D eigenvalue weighted by molar-refractivity contribution is 6.00. The molecule has 0 fully saturated rings. The number of amides is 2. The van der Waals surface area contributed by atoms with Crippen molar-refractivity contribution in [2.45, 2.75) is 13.5 Å². The molecule has 2 N–H and O–H groups in total. The minimum atomic E-state index is -0.272. The lowest BCUT2D eigenvalue weighted by Gasteiger charge is -2.09. The third-order valence-corrected chi connectivity index (χ3v) is 3.94. The highest BCUT2D eigenvalue weighted by atomic mass is 16.2. The first-order chi connectivity index (χ1) is 12.6. The van der Waals surface area contributed by atoms with Gasteiger partial charge in [-0.25, -0.2) is 0 Å². The Labute approximate surface area is 151 Å². The van der Waals surface area contributed by atoms with E-state index < -0.39 is 0 Å². The van der Waals surface area contributed by atoms with Gasteiger partial charge in [-0.1, -0.05) is 30.3 Å². The molecule has 0 radical (unpaired) electrons. The minimum absolute atomic E-state index is 0.0811. The van der Waals surface area contributed by atoms with Crippen LogP contribution in [0.5, 0.6) is 0 Å². The lowest BCUT2D eigenvalue weighted by Crippen LogP contribution is -2.33. The van der Waals surface area contributed by atoms with Gasteiger partial charge < -0.3 is 10.6 Å². The fraction of sp³-hybridized carbons (Fsp3) is 0.150. The van der Waals surface area contributed by atoms with E-state index in [2.05, 4.69) is 15.7 Å². The van der Waals surface area contributed by atoms with Crippen LogP contribution in [0, 0.1) is 6.92 Å². The van der Waals surface area contributed by atoms with Gasteiger partial charge in [0.15, 0.2) is 0 Å². The maximum Gasteiger partial charge on any atom is 0.251 e. The summed E-state index contributed by atoms with van der Waals surface area (Å²) in [7, 11) is 0. The second kappa shape index (κ2) is 8.11. The van der Waals surface area contributed by atoms with Crippen LogP contribution in [0.15, 0.2) is 67.0 Å². The first-order valence-corrected chi connectivity index (χ1v) is 8.32. The molecule has 2 amide bonds. The molecule has 3 aromatic rings. The topological polar surface area (TPSA) is 76.0 Å². The molecule has 2 aromatic carbocycles. The van der Waals surface area contributed by atoms with E-state index in [-0.39, 0.29) is 18.4 Å². The summed E-state index contributed by atoms with van der Waals surface area (Å²) in [5.74, 6) is -0.528. The Morgan fingerprint density at radius 2 is 1.81 bits per heavy atom. The minimum Gasteiger partial charge on any atom is -0.343 e. The molecular weight excluding hydrogens is 328 g/mol. The number of aryl methyl sites for hydroxylation is 1. The molecule has 6 nitrogen and oxygen atoms in total. The largest absolute Gasteiger partial charge is 0.343 e. The third-order valence-electron chi connectivity index (χ3n) is 3.94. The van der Waals surface area contributed by atoms with E-state index in [1.807, 2.05) is 60.3 Å². The number of aromatic nitrogens is 2. The molecule has 0 saturated heterocycles. The van der Waals surface area contributed by atoms with E-state index in [1.54, 1.807) is 18.3 Å². The Bertz CT molecular complexity index is 886. The van der Waals surface area contributed by atoms with Gasteiger partial charge in [-0.05, 0) is 42.3 Å². The van der Waals surface area contributed by atoms with Crippen molar-refractivity contribution in [3.63, 3.8) is 0 Å². The van der Waals surface area contributed by atoms with Crippen LogP contribution in [0.4, 0.5) is 5.69 Å². The van der Waals surface area contributed by atoms with Crippen LogP contribution >= 0.6 is 0 Å². The monoisotopic (exact) mass is 348 g/mol. The van der Waals surface area contributed by atoms with Crippen LogP contribution in [0.25, 0.3) is 0 Å². The predicted octanol–water partition coefficient (Wildman–Crippen LogP) is 2.61. The van der Waals surface area contributed by atoms with Crippen LogP contribution < -0.4 is 10.6 Å². The molecule has 3 rings (SSSR count). The first kappa shape index (κ1) is 17.4. The smallest absolute Gasteiger partial charge is 0.251 e. The first-order valence-electron chi connectivity index (χ1n) is 8.32. The maximum atomic E-state index is 12.1. The number of nitrogens with one attached hydrogen (secondary N) is 2. The molecule has 1 aromatic heterocycles. The van der Waals surface area contributed by atoms with Gasteiger partial charge in [-0.2, -0.15) is 5.10 Å². The molecule has 0 aliphatic heterocycles. The van der Waals surface area contributed by atoms with Crippen molar-refractivity contribution in [3.8, 4) is 0 Å². The number of hydrogen-bond acceptors (Lipinski definition) is 3.